The summed E-state index contributed by atoms with van der Waals surface area (Å²) in [6, 6.07) is 71.0. The van der Waals surface area contributed by atoms with Crippen LogP contribution in [0.1, 0.15) is 11.1 Å². The Morgan fingerprint density at radius 3 is 1.11 bits per heavy atom. The lowest BCUT2D eigenvalue weighted by Gasteiger charge is -2.22. The Kier molecular flexibility index (Phi) is 8.65. The Morgan fingerprint density at radius 1 is 0.366 bits per heavy atom. The number of benzene rings is 10. The molecule has 14 rings (SSSR count). The van der Waals surface area contributed by atoms with Crippen LogP contribution in [0.15, 0.2) is 212 Å². The van der Waals surface area contributed by atoms with E-state index in [2.05, 4.69) is 181 Å². The van der Waals surface area contributed by atoms with E-state index in [0.29, 0.717) is 16.9 Å². The van der Waals surface area contributed by atoms with E-state index in [1.54, 1.807) is 19.1 Å². The molecular weight excluding hydrogens is 884 g/mol. The number of fused-ring (bicyclic) bond motifs is 12. The van der Waals surface area contributed by atoms with Crippen LogP contribution in [0.4, 0.5) is 18.9 Å². The van der Waals surface area contributed by atoms with Crippen LogP contribution in [0.3, 0.4) is 0 Å². The highest BCUT2D eigenvalue weighted by atomic mass is 19.4. The molecule has 0 aliphatic carbocycles. The molecule has 4 heterocycles. The van der Waals surface area contributed by atoms with E-state index in [0.717, 1.165) is 105 Å². The van der Waals surface area contributed by atoms with Gasteiger partial charge in [-0.15, -0.1) is 0 Å². The summed E-state index contributed by atoms with van der Waals surface area (Å²) in [5, 5.41) is 8.60. The average Bonchev–Trinajstić information content (AvgIpc) is 4.13. The maximum atomic E-state index is 15.2. The summed E-state index contributed by atoms with van der Waals surface area (Å²) in [4.78, 5) is 4.04. The molecule has 0 aliphatic rings. The molecular formula is C63H38F3N5. The monoisotopic (exact) mass is 921 g/mol. The molecule has 8 heteroatoms. The van der Waals surface area contributed by atoms with Crippen molar-refractivity contribution in [2.24, 2.45) is 0 Å². The number of hydrogen-bond acceptors (Lipinski definition) is 0. The van der Waals surface area contributed by atoms with Crippen molar-refractivity contribution in [3.63, 3.8) is 0 Å². The summed E-state index contributed by atoms with van der Waals surface area (Å²) in [6.45, 7) is 10.3. The summed E-state index contributed by atoms with van der Waals surface area (Å²) >= 11 is 0. The van der Waals surface area contributed by atoms with Crippen LogP contribution in [-0.2, 0) is 6.18 Å². The fourth-order valence-electron chi connectivity index (χ4n) is 11.6. The number of para-hydroxylation sites is 6. The minimum Gasteiger partial charge on any atom is -0.309 e. The van der Waals surface area contributed by atoms with E-state index in [-0.39, 0.29) is 16.8 Å². The van der Waals surface area contributed by atoms with Gasteiger partial charge >= 0.3 is 6.18 Å². The lowest BCUT2D eigenvalue weighted by molar-refractivity contribution is -0.137. The first kappa shape index (κ1) is 40.7. The second kappa shape index (κ2) is 15.1. The molecule has 0 saturated heterocycles. The molecule has 0 saturated carbocycles. The Morgan fingerprint density at radius 2 is 0.718 bits per heavy atom. The summed E-state index contributed by atoms with van der Waals surface area (Å²) in [6.07, 6.45) is -4.67. The third kappa shape index (κ3) is 5.87. The standard InChI is InChI=1S/C63H38F3N5/c1-38-16-15-23-50(63(64,65)66)62(38)49-36-60(70-56-28-13-7-21-45(56)47-34-39(30-32-58(47)70)68-52-24-9-3-17-41(52)42-18-4-10-25-53(42)68)61(37-51(49)67-2)71-57-29-14-8-22-46(57)48-35-40(31-33-59(48)71)69-54-26-11-5-19-43(54)44-20-6-12-27-55(44)69/h3-37H,1H3. The van der Waals surface area contributed by atoms with E-state index in [1.807, 2.05) is 30.3 Å². The van der Waals surface area contributed by atoms with Crippen molar-refractivity contribution in [2.75, 3.05) is 0 Å². The van der Waals surface area contributed by atoms with Gasteiger partial charge in [0.05, 0.1) is 67.6 Å². The maximum absolute atomic E-state index is 15.2. The SMILES string of the molecule is [C-]#[N+]c1cc(-n2c3ccccc3c3cc(-n4c5ccccc5c5ccccc54)ccc32)c(-n2c3ccccc3c3cc(-n4c5ccccc5c5ccccc54)ccc32)cc1-c1c(C)cccc1C(F)(F)F. The average molecular weight is 922 g/mol. The zero-order chi connectivity index (χ0) is 47.7. The highest BCUT2D eigenvalue weighted by Crippen LogP contribution is 2.48. The van der Waals surface area contributed by atoms with E-state index in [1.165, 1.54) is 6.07 Å². The first-order chi connectivity index (χ1) is 34.8. The summed E-state index contributed by atoms with van der Waals surface area (Å²) in [7, 11) is 0. The molecule has 71 heavy (non-hydrogen) atoms. The first-order valence-corrected chi connectivity index (χ1v) is 23.5. The Labute approximate surface area is 404 Å². The van der Waals surface area contributed by atoms with Gasteiger partial charge < -0.3 is 18.3 Å². The molecule has 0 fully saturated rings. The van der Waals surface area contributed by atoms with Crippen molar-refractivity contribution >= 4 is 92.9 Å². The molecule has 0 bridgehead atoms. The van der Waals surface area contributed by atoms with E-state index >= 15 is 13.2 Å². The minimum absolute atomic E-state index is 0.00810. The van der Waals surface area contributed by atoms with Crippen molar-refractivity contribution < 1.29 is 13.2 Å². The molecule has 10 aromatic carbocycles. The van der Waals surface area contributed by atoms with Gasteiger partial charge in [0.15, 0.2) is 5.69 Å². The number of aryl methyl sites for hydroxylation is 1. The third-order valence-electron chi connectivity index (χ3n) is 14.5. The molecule has 0 N–H and O–H groups in total. The lowest BCUT2D eigenvalue weighted by atomic mass is 9.92. The van der Waals surface area contributed by atoms with Gasteiger partial charge in [-0.1, -0.05) is 121 Å². The fourth-order valence-corrected chi connectivity index (χ4v) is 11.6. The molecule has 14 aromatic rings. The van der Waals surface area contributed by atoms with Gasteiger partial charge in [0.1, 0.15) is 0 Å². The van der Waals surface area contributed by atoms with E-state index in [4.69, 9.17) is 6.57 Å². The topological polar surface area (TPSA) is 24.1 Å². The Hall–Kier alpha value is -9.32. The van der Waals surface area contributed by atoms with Crippen molar-refractivity contribution in [1.82, 2.24) is 18.3 Å². The number of halogens is 3. The third-order valence-corrected chi connectivity index (χ3v) is 14.5. The first-order valence-electron chi connectivity index (χ1n) is 23.5. The zero-order valence-electron chi connectivity index (χ0n) is 38.1. The van der Waals surface area contributed by atoms with Gasteiger partial charge in [0.2, 0.25) is 0 Å². The van der Waals surface area contributed by atoms with Gasteiger partial charge in [0.25, 0.3) is 0 Å². The van der Waals surface area contributed by atoms with Gasteiger partial charge in [-0.25, -0.2) is 4.85 Å². The molecule has 336 valence electrons. The molecule has 0 radical (unpaired) electrons. The van der Waals surface area contributed by atoms with Crippen LogP contribution in [0.25, 0.3) is 126 Å². The number of rotatable bonds is 5. The van der Waals surface area contributed by atoms with E-state index in [9.17, 15) is 0 Å². The molecule has 0 spiro atoms. The number of aromatic nitrogens is 4. The molecule has 0 atom stereocenters. The molecule has 0 amide bonds. The smallest absolute Gasteiger partial charge is 0.309 e. The molecule has 5 nitrogen and oxygen atoms in total. The van der Waals surface area contributed by atoms with Crippen LogP contribution in [0.2, 0.25) is 0 Å². The normalized spacial score (nSPS) is 12.2. The summed E-state index contributed by atoms with van der Waals surface area (Å²) in [5.74, 6) is 0. The van der Waals surface area contributed by atoms with Crippen LogP contribution < -0.4 is 0 Å². The highest BCUT2D eigenvalue weighted by molar-refractivity contribution is 6.15. The van der Waals surface area contributed by atoms with Gasteiger partial charge in [-0.05, 0) is 115 Å². The molecule has 0 unspecified atom stereocenters. The summed E-state index contributed by atoms with van der Waals surface area (Å²) in [5.41, 5.74) is 11.1. The van der Waals surface area contributed by atoms with Crippen molar-refractivity contribution in [1.29, 1.82) is 0 Å². The quantitative estimate of drug-likeness (QED) is 0.154. The maximum Gasteiger partial charge on any atom is 0.416 e. The molecule has 0 aliphatic heterocycles. The van der Waals surface area contributed by atoms with Gasteiger partial charge in [-0.2, -0.15) is 13.2 Å². The number of alkyl halides is 3. The number of nitrogens with zero attached hydrogens (tertiary/aromatic N) is 5. The summed E-state index contributed by atoms with van der Waals surface area (Å²) < 4.78 is 54.4. The van der Waals surface area contributed by atoms with Crippen molar-refractivity contribution in [3.05, 3.63) is 235 Å². The van der Waals surface area contributed by atoms with Crippen molar-refractivity contribution in [3.8, 4) is 33.9 Å². The van der Waals surface area contributed by atoms with Gasteiger partial charge in [0, 0.05) is 54.5 Å². The second-order valence-corrected chi connectivity index (χ2v) is 18.3. The van der Waals surface area contributed by atoms with E-state index < -0.39 is 11.7 Å². The zero-order valence-corrected chi connectivity index (χ0v) is 38.1. The fraction of sp³-hybridized carbons (Fsp3) is 0.0317. The molecule has 4 aromatic heterocycles. The lowest BCUT2D eigenvalue weighted by Crippen LogP contribution is -2.09. The van der Waals surface area contributed by atoms with Crippen molar-refractivity contribution in [2.45, 2.75) is 13.1 Å². The Balaban J connectivity index is 1.09. The predicted octanol–water partition coefficient (Wildman–Crippen LogP) is 17.6. The number of hydrogen-bond donors (Lipinski definition) is 0. The van der Waals surface area contributed by atoms with Crippen LogP contribution in [0.5, 0.6) is 0 Å². The van der Waals surface area contributed by atoms with Crippen LogP contribution >= 0.6 is 0 Å². The van der Waals surface area contributed by atoms with Crippen LogP contribution in [-0.4, -0.2) is 18.3 Å². The largest absolute Gasteiger partial charge is 0.416 e. The second-order valence-electron chi connectivity index (χ2n) is 18.3. The predicted molar refractivity (Wildman–Crippen MR) is 285 cm³/mol. The highest BCUT2D eigenvalue weighted by Gasteiger charge is 2.35. The van der Waals surface area contributed by atoms with Crippen LogP contribution in [0, 0.1) is 13.5 Å². The van der Waals surface area contributed by atoms with Gasteiger partial charge in [-0.3, -0.25) is 0 Å². The Bertz CT molecular complexity index is 4500. The minimum atomic E-state index is -4.67.